The van der Waals surface area contributed by atoms with E-state index in [1.165, 1.54) is 71.1 Å². The second-order valence-electron chi connectivity index (χ2n) is 6.35. The zero-order chi connectivity index (χ0) is 12.8. The lowest BCUT2D eigenvalue weighted by Gasteiger charge is -2.37. The van der Waals surface area contributed by atoms with Crippen molar-refractivity contribution in [3.05, 3.63) is 0 Å². The molecule has 0 saturated carbocycles. The van der Waals surface area contributed by atoms with Crippen LogP contribution in [0, 0.1) is 0 Å². The van der Waals surface area contributed by atoms with E-state index in [4.69, 9.17) is 0 Å². The minimum absolute atomic E-state index is 0.751. The summed E-state index contributed by atoms with van der Waals surface area (Å²) in [5.41, 5.74) is 0. The van der Waals surface area contributed by atoms with Gasteiger partial charge in [-0.2, -0.15) is 0 Å². The highest BCUT2D eigenvalue weighted by molar-refractivity contribution is 4.81. The van der Waals surface area contributed by atoms with Crippen LogP contribution >= 0.6 is 0 Å². The SMILES string of the molecule is CN(C)C1CCN(CC2CCCCCCN2)CC1. The third-order valence-corrected chi connectivity index (χ3v) is 4.68. The van der Waals surface area contributed by atoms with Crippen LogP contribution < -0.4 is 5.32 Å². The highest BCUT2D eigenvalue weighted by Crippen LogP contribution is 2.16. The maximum atomic E-state index is 3.75. The van der Waals surface area contributed by atoms with Crippen molar-refractivity contribution in [2.24, 2.45) is 0 Å². The normalized spacial score (nSPS) is 29.2. The van der Waals surface area contributed by atoms with Crippen LogP contribution in [0.2, 0.25) is 0 Å². The van der Waals surface area contributed by atoms with Crippen LogP contribution in [0.25, 0.3) is 0 Å². The molecule has 2 saturated heterocycles. The van der Waals surface area contributed by atoms with Gasteiger partial charge in [-0.05, 0) is 59.4 Å². The minimum Gasteiger partial charge on any atom is -0.313 e. The molecule has 0 aromatic heterocycles. The summed E-state index contributed by atoms with van der Waals surface area (Å²) in [6.45, 7) is 5.10. The Morgan fingerprint density at radius 1 is 1.00 bits per heavy atom. The van der Waals surface area contributed by atoms with Gasteiger partial charge in [0.15, 0.2) is 0 Å². The molecule has 3 heteroatoms. The third kappa shape index (κ3) is 4.52. The van der Waals surface area contributed by atoms with Gasteiger partial charge in [0.25, 0.3) is 0 Å². The lowest BCUT2D eigenvalue weighted by Crippen LogP contribution is -2.47. The Labute approximate surface area is 113 Å². The fourth-order valence-corrected chi connectivity index (χ4v) is 3.36. The number of likely N-dealkylation sites (tertiary alicyclic amines) is 1. The molecule has 0 radical (unpaired) electrons. The van der Waals surface area contributed by atoms with E-state index in [0.717, 1.165) is 12.1 Å². The first-order valence-corrected chi connectivity index (χ1v) is 7.88. The van der Waals surface area contributed by atoms with Crippen molar-refractivity contribution in [2.75, 3.05) is 40.3 Å². The summed E-state index contributed by atoms with van der Waals surface area (Å²) in [6.07, 6.45) is 9.74. The van der Waals surface area contributed by atoms with Gasteiger partial charge in [0, 0.05) is 18.6 Å². The predicted molar refractivity (Wildman–Crippen MR) is 78.0 cm³/mol. The van der Waals surface area contributed by atoms with Crippen molar-refractivity contribution in [1.29, 1.82) is 0 Å². The van der Waals surface area contributed by atoms with Crippen molar-refractivity contribution >= 4 is 0 Å². The molecule has 2 aliphatic rings. The number of rotatable bonds is 3. The fourth-order valence-electron chi connectivity index (χ4n) is 3.36. The van der Waals surface area contributed by atoms with Crippen LogP contribution in [-0.4, -0.2) is 62.2 Å². The van der Waals surface area contributed by atoms with E-state index in [2.05, 4.69) is 29.2 Å². The Hall–Kier alpha value is -0.120. The third-order valence-electron chi connectivity index (χ3n) is 4.68. The summed E-state index contributed by atoms with van der Waals surface area (Å²) >= 11 is 0. The maximum Gasteiger partial charge on any atom is 0.0195 e. The smallest absolute Gasteiger partial charge is 0.0195 e. The number of hydrogen-bond donors (Lipinski definition) is 1. The molecule has 1 N–H and O–H groups in total. The van der Waals surface area contributed by atoms with Crippen LogP contribution in [0.5, 0.6) is 0 Å². The number of nitrogens with one attached hydrogen (secondary N) is 1. The molecule has 0 amide bonds. The van der Waals surface area contributed by atoms with E-state index >= 15 is 0 Å². The molecule has 106 valence electrons. The molecule has 2 aliphatic heterocycles. The zero-order valence-electron chi connectivity index (χ0n) is 12.3. The van der Waals surface area contributed by atoms with Crippen LogP contribution in [0.4, 0.5) is 0 Å². The molecule has 2 rings (SSSR count). The van der Waals surface area contributed by atoms with Crippen molar-refractivity contribution in [3.63, 3.8) is 0 Å². The molecule has 1 unspecified atom stereocenters. The number of hydrogen-bond acceptors (Lipinski definition) is 3. The summed E-state index contributed by atoms with van der Waals surface area (Å²) in [7, 11) is 4.44. The van der Waals surface area contributed by atoms with E-state index in [9.17, 15) is 0 Å². The highest BCUT2D eigenvalue weighted by Gasteiger charge is 2.22. The number of nitrogens with zero attached hydrogens (tertiary/aromatic N) is 2. The van der Waals surface area contributed by atoms with Gasteiger partial charge in [-0.1, -0.05) is 19.3 Å². The standard InChI is InChI=1S/C15H31N3/c1-17(2)15-8-11-18(12-9-15)13-14-7-5-3-4-6-10-16-14/h14-16H,3-13H2,1-2H3. The largest absolute Gasteiger partial charge is 0.313 e. The van der Waals surface area contributed by atoms with Gasteiger partial charge in [-0.3, -0.25) is 0 Å². The first-order valence-electron chi connectivity index (χ1n) is 7.88. The minimum atomic E-state index is 0.751. The van der Waals surface area contributed by atoms with E-state index < -0.39 is 0 Å². The molecule has 0 bridgehead atoms. The van der Waals surface area contributed by atoms with Crippen LogP contribution in [0.15, 0.2) is 0 Å². The Morgan fingerprint density at radius 2 is 1.72 bits per heavy atom. The molecule has 0 aromatic rings. The van der Waals surface area contributed by atoms with E-state index in [0.29, 0.717) is 0 Å². The second-order valence-corrected chi connectivity index (χ2v) is 6.35. The van der Waals surface area contributed by atoms with Crippen molar-refractivity contribution in [2.45, 2.75) is 57.0 Å². The first kappa shape index (κ1) is 14.3. The zero-order valence-corrected chi connectivity index (χ0v) is 12.3. The monoisotopic (exact) mass is 253 g/mol. The summed E-state index contributed by atoms with van der Waals surface area (Å²) in [5, 5.41) is 3.75. The summed E-state index contributed by atoms with van der Waals surface area (Å²) in [6, 6.07) is 1.56. The molecule has 2 fully saturated rings. The maximum absolute atomic E-state index is 3.75. The summed E-state index contributed by atoms with van der Waals surface area (Å²) in [5.74, 6) is 0. The average Bonchev–Trinajstić information content (AvgIpc) is 2.33. The summed E-state index contributed by atoms with van der Waals surface area (Å²) < 4.78 is 0. The van der Waals surface area contributed by atoms with Crippen LogP contribution in [0.3, 0.4) is 0 Å². The number of piperidine rings is 1. The Morgan fingerprint density at radius 3 is 2.44 bits per heavy atom. The van der Waals surface area contributed by atoms with Crippen molar-refractivity contribution in [1.82, 2.24) is 15.1 Å². The van der Waals surface area contributed by atoms with Gasteiger partial charge in [0.05, 0.1) is 0 Å². The van der Waals surface area contributed by atoms with Gasteiger partial charge in [0.1, 0.15) is 0 Å². The van der Waals surface area contributed by atoms with Crippen LogP contribution in [0.1, 0.15) is 44.9 Å². The van der Waals surface area contributed by atoms with Gasteiger partial charge < -0.3 is 15.1 Å². The van der Waals surface area contributed by atoms with Gasteiger partial charge in [0.2, 0.25) is 0 Å². The molecule has 0 aromatic carbocycles. The first-order chi connectivity index (χ1) is 8.75. The molecule has 0 aliphatic carbocycles. The van der Waals surface area contributed by atoms with E-state index in [-0.39, 0.29) is 0 Å². The molecular formula is C15H31N3. The Bertz CT molecular complexity index is 214. The van der Waals surface area contributed by atoms with Gasteiger partial charge in [-0.25, -0.2) is 0 Å². The molecule has 3 nitrogen and oxygen atoms in total. The van der Waals surface area contributed by atoms with Crippen molar-refractivity contribution < 1.29 is 0 Å². The Kier molecular flexibility index (Phi) is 5.93. The quantitative estimate of drug-likeness (QED) is 0.829. The van der Waals surface area contributed by atoms with E-state index in [1.807, 2.05) is 0 Å². The lowest BCUT2D eigenvalue weighted by molar-refractivity contribution is 0.132. The molecule has 2 heterocycles. The van der Waals surface area contributed by atoms with Gasteiger partial charge in [-0.15, -0.1) is 0 Å². The Balaban J connectivity index is 1.69. The van der Waals surface area contributed by atoms with Gasteiger partial charge >= 0.3 is 0 Å². The molecule has 0 spiro atoms. The molecule has 18 heavy (non-hydrogen) atoms. The second kappa shape index (κ2) is 7.46. The highest BCUT2D eigenvalue weighted by atomic mass is 15.2. The topological polar surface area (TPSA) is 18.5 Å². The lowest BCUT2D eigenvalue weighted by atomic mass is 10.0. The predicted octanol–water partition coefficient (Wildman–Crippen LogP) is 1.93. The van der Waals surface area contributed by atoms with Crippen molar-refractivity contribution in [3.8, 4) is 0 Å². The average molecular weight is 253 g/mol. The van der Waals surface area contributed by atoms with Crippen LogP contribution in [-0.2, 0) is 0 Å². The van der Waals surface area contributed by atoms with E-state index in [1.54, 1.807) is 0 Å². The summed E-state index contributed by atoms with van der Waals surface area (Å²) in [4.78, 5) is 5.07. The molecular weight excluding hydrogens is 222 g/mol. The molecule has 1 atom stereocenters. The fraction of sp³-hybridized carbons (Fsp3) is 1.00.